The molecule has 1 amide bonds. The SMILES string of the molecule is Cc1cnc(NC(=O)CN(C2CC2)S(=O)(=O)c2ccc3ccccc3c2)s1. The van der Waals surface area contributed by atoms with Gasteiger partial charge < -0.3 is 5.32 Å². The second-order valence-electron chi connectivity index (χ2n) is 6.61. The van der Waals surface area contributed by atoms with E-state index in [1.54, 1.807) is 24.4 Å². The Morgan fingerprint density at radius 2 is 1.96 bits per heavy atom. The minimum atomic E-state index is -3.76. The number of hydrogen-bond acceptors (Lipinski definition) is 5. The molecule has 0 atom stereocenters. The molecular formula is C19H19N3O3S2. The van der Waals surface area contributed by atoms with Crippen molar-refractivity contribution in [1.29, 1.82) is 0 Å². The van der Waals surface area contributed by atoms with Crippen LogP contribution in [0.5, 0.6) is 0 Å². The standard InChI is InChI=1S/C19H19N3O3S2/c1-13-11-20-19(26-13)21-18(23)12-22(16-7-8-16)27(24,25)17-9-6-14-4-2-3-5-15(14)10-17/h2-6,9-11,16H,7-8,12H2,1H3,(H,20,21,23). The average molecular weight is 402 g/mol. The van der Waals surface area contributed by atoms with Gasteiger partial charge in [0.05, 0.1) is 11.4 Å². The lowest BCUT2D eigenvalue weighted by Crippen LogP contribution is -2.39. The van der Waals surface area contributed by atoms with Crippen LogP contribution in [0.15, 0.2) is 53.6 Å². The Morgan fingerprint density at radius 1 is 1.22 bits per heavy atom. The number of aromatic nitrogens is 1. The van der Waals surface area contributed by atoms with Crippen LogP contribution in [0.1, 0.15) is 17.7 Å². The zero-order chi connectivity index (χ0) is 19.0. The van der Waals surface area contributed by atoms with Gasteiger partial charge in [0.25, 0.3) is 0 Å². The third kappa shape index (κ3) is 3.87. The predicted molar refractivity (Wildman–Crippen MR) is 106 cm³/mol. The molecule has 1 heterocycles. The zero-order valence-corrected chi connectivity index (χ0v) is 16.4. The predicted octanol–water partition coefficient (Wildman–Crippen LogP) is 3.40. The zero-order valence-electron chi connectivity index (χ0n) is 14.8. The number of nitrogens with one attached hydrogen (secondary N) is 1. The molecule has 1 N–H and O–H groups in total. The summed E-state index contributed by atoms with van der Waals surface area (Å²) in [7, 11) is -3.76. The first-order chi connectivity index (χ1) is 12.9. The summed E-state index contributed by atoms with van der Waals surface area (Å²) >= 11 is 1.36. The molecule has 1 fully saturated rings. The fraction of sp³-hybridized carbons (Fsp3) is 0.263. The topological polar surface area (TPSA) is 79.4 Å². The van der Waals surface area contributed by atoms with Crippen LogP contribution in [0, 0.1) is 6.92 Å². The highest BCUT2D eigenvalue weighted by Crippen LogP contribution is 2.33. The average Bonchev–Trinajstić information content (AvgIpc) is 3.41. The van der Waals surface area contributed by atoms with E-state index < -0.39 is 10.0 Å². The number of fused-ring (bicyclic) bond motifs is 1. The van der Waals surface area contributed by atoms with Gasteiger partial charge in [-0.05, 0) is 42.7 Å². The van der Waals surface area contributed by atoms with Gasteiger partial charge in [0.1, 0.15) is 0 Å². The Balaban J connectivity index is 1.59. The molecule has 0 spiro atoms. The number of anilines is 1. The smallest absolute Gasteiger partial charge is 0.243 e. The molecule has 3 aromatic rings. The number of thiazole rings is 1. The highest BCUT2D eigenvalue weighted by atomic mass is 32.2. The van der Waals surface area contributed by atoms with Gasteiger partial charge in [0.2, 0.25) is 15.9 Å². The summed E-state index contributed by atoms with van der Waals surface area (Å²) in [5.74, 6) is -0.374. The van der Waals surface area contributed by atoms with Gasteiger partial charge in [-0.1, -0.05) is 30.3 Å². The fourth-order valence-electron chi connectivity index (χ4n) is 2.95. The Kier molecular flexibility index (Phi) is 4.71. The molecule has 1 aliphatic carbocycles. The lowest BCUT2D eigenvalue weighted by molar-refractivity contribution is -0.116. The minimum absolute atomic E-state index is 0.120. The van der Waals surface area contributed by atoms with Crippen LogP contribution in [0.3, 0.4) is 0 Å². The molecule has 1 saturated carbocycles. The highest BCUT2D eigenvalue weighted by molar-refractivity contribution is 7.89. The van der Waals surface area contributed by atoms with Crippen LogP contribution in [-0.2, 0) is 14.8 Å². The molecule has 0 aliphatic heterocycles. The lowest BCUT2D eigenvalue weighted by Gasteiger charge is -2.21. The normalized spacial score (nSPS) is 14.6. The van der Waals surface area contributed by atoms with E-state index in [1.165, 1.54) is 15.6 Å². The van der Waals surface area contributed by atoms with Gasteiger partial charge in [0.15, 0.2) is 5.13 Å². The number of hydrogen-bond donors (Lipinski definition) is 1. The molecule has 1 aromatic heterocycles. The number of nitrogens with zero attached hydrogens (tertiary/aromatic N) is 2. The van der Waals surface area contributed by atoms with Crippen LogP contribution in [0.2, 0.25) is 0 Å². The molecular weight excluding hydrogens is 382 g/mol. The Hall–Kier alpha value is -2.29. The molecule has 4 rings (SSSR count). The summed E-state index contributed by atoms with van der Waals surface area (Å²) in [5.41, 5.74) is 0. The summed E-state index contributed by atoms with van der Waals surface area (Å²) in [6, 6.07) is 12.6. The van der Waals surface area contributed by atoms with Gasteiger partial charge in [-0.2, -0.15) is 4.31 Å². The van der Waals surface area contributed by atoms with E-state index in [1.807, 2.05) is 31.2 Å². The van der Waals surface area contributed by atoms with Crippen molar-refractivity contribution >= 4 is 43.2 Å². The van der Waals surface area contributed by atoms with Crippen LogP contribution in [0.4, 0.5) is 5.13 Å². The van der Waals surface area contributed by atoms with E-state index in [-0.39, 0.29) is 23.4 Å². The molecule has 8 heteroatoms. The first kappa shape index (κ1) is 18.1. The number of carbonyl (C=O) groups is 1. The molecule has 0 saturated heterocycles. The Bertz CT molecular complexity index is 1100. The van der Waals surface area contributed by atoms with Crippen LogP contribution < -0.4 is 5.32 Å². The van der Waals surface area contributed by atoms with Crippen molar-refractivity contribution in [3.05, 3.63) is 53.5 Å². The van der Waals surface area contributed by atoms with Crippen molar-refractivity contribution in [1.82, 2.24) is 9.29 Å². The molecule has 27 heavy (non-hydrogen) atoms. The summed E-state index contributed by atoms with van der Waals surface area (Å²) in [6.45, 7) is 1.69. The summed E-state index contributed by atoms with van der Waals surface area (Å²) in [6.07, 6.45) is 3.22. The van der Waals surface area contributed by atoms with E-state index >= 15 is 0 Å². The van der Waals surface area contributed by atoms with Gasteiger partial charge in [-0.25, -0.2) is 13.4 Å². The fourth-order valence-corrected chi connectivity index (χ4v) is 5.31. The molecule has 0 bridgehead atoms. The van der Waals surface area contributed by atoms with Crippen molar-refractivity contribution < 1.29 is 13.2 Å². The monoisotopic (exact) mass is 401 g/mol. The third-order valence-electron chi connectivity index (χ3n) is 4.45. The summed E-state index contributed by atoms with van der Waals surface area (Å²) < 4.78 is 27.7. The maximum absolute atomic E-state index is 13.2. The number of benzene rings is 2. The first-order valence-corrected chi connectivity index (χ1v) is 10.9. The Labute approximate surface area is 161 Å². The van der Waals surface area contributed by atoms with Crippen molar-refractivity contribution in [3.8, 4) is 0 Å². The maximum atomic E-state index is 13.2. The van der Waals surface area contributed by atoms with E-state index in [0.29, 0.717) is 5.13 Å². The van der Waals surface area contributed by atoms with Gasteiger partial charge in [-0.3, -0.25) is 4.79 Å². The minimum Gasteiger partial charge on any atom is -0.301 e. The Morgan fingerprint density at radius 3 is 2.63 bits per heavy atom. The van der Waals surface area contributed by atoms with E-state index in [4.69, 9.17) is 0 Å². The number of carbonyl (C=O) groups excluding carboxylic acids is 1. The maximum Gasteiger partial charge on any atom is 0.243 e. The van der Waals surface area contributed by atoms with Crippen LogP contribution >= 0.6 is 11.3 Å². The van der Waals surface area contributed by atoms with E-state index in [0.717, 1.165) is 28.5 Å². The number of amides is 1. The van der Waals surface area contributed by atoms with Gasteiger partial charge >= 0.3 is 0 Å². The van der Waals surface area contributed by atoms with Crippen molar-refractivity contribution in [2.24, 2.45) is 0 Å². The van der Waals surface area contributed by atoms with E-state index in [2.05, 4.69) is 10.3 Å². The molecule has 1 aliphatic rings. The van der Waals surface area contributed by atoms with Crippen LogP contribution in [-0.4, -0.2) is 36.2 Å². The second kappa shape index (κ2) is 7.03. The number of sulfonamides is 1. The second-order valence-corrected chi connectivity index (χ2v) is 9.74. The number of rotatable bonds is 6. The summed E-state index contributed by atoms with van der Waals surface area (Å²) in [5, 5.41) is 5.01. The lowest BCUT2D eigenvalue weighted by atomic mass is 10.1. The molecule has 0 radical (unpaired) electrons. The molecule has 0 unspecified atom stereocenters. The molecule has 2 aromatic carbocycles. The summed E-state index contributed by atoms with van der Waals surface area (Å²) in [4.78, 5) is 17.7. The third-order valence-corrected chi connectivity index (χ3v) is 7.17. The quantitative estimate of drug-likeness (QED) is 0.687. The first-order valence-electron chi connectivity index (χ1n) is 8.66. The largest absolute Gasteiger partial charge is 0.301 e. The highest BCUT2D eigenvalue weighted by Gasteiger charge is 2.39. The van der Waals surface area contributed by atoms with Gasteiger partial charge in [0, 0.05) is 17.1 Å². The van der Waals surface area contributed by atoms with Crippen molar-refractivity contribution in [3.63, 3.8) is 0 Å². The van der Waals surface area contributed by atoms with Crippen molar-refractivity contribution in [2.45, 2.75) is 30.7 Å². The van der Waals surface area contributed by atoms with Gasteiger partial charge in [-0.15, -0.1) is 11.3 Å². The van der Waals surface area contributed by atoms with Crippen LogP contribution in [0.25, 0.3) is 10.8 Å². The molecule has 140 valence electrons. The van der Waals surface area contributed by atoms with Crippen molar-refractivity contribution in [2.75, 3.05) is 11.9 Å². The van der Waals surface area contributed by atoms with E-state index in [9.17, 15) is 13.2 Å². The molecule has 6 nitrogen and oxygen atoms in total. The number of aryl methyl sites for hydroxylation is 1.